The fourth-order valence-electron chi connectivity index (χ4n) is 5.46. The lowest BCUT2D eigenvalue weighted by atomic mass is 9.89. The summed E-state index contributed by atoms with van der Waals surface area (Å²) < 4.78 is 5.14. The third-order valence-corrected chi connectivity index (χ3v) is 7.48. The molecule has 2 aromatic heterocycles. The minimum absolute atomic E-state index is 0.106. The molecular weight excluding hydrogens is 482 g/mol. The maximum atomic E-state index is 13.3. The molecule has 0 fully saturated rings. The standard InChI is InChI=1S/C26H22BrN3O3/c1-29-12-18(17-11-15(27)6-7-19(17)29)23-24(26(33)28-25(23)32)22-16-4-2-3-5-20(16)30-9-8-14(13-31)10-21(22)30/h2-7,11-12,14,31H,8-10,13H2,1H3,(H,28,32,33). The predicted octanol–water partition coefficient (Wildman–Crippen LogP) is 4.02. The van der Waals surface area contributed by atoms with Gasteiger partial charge in [-0.05, 0) is 43.0 Å². The van der Waals surface area contributed by atoms with Gasteiger partial charge in [0, 0.05) is 69.5 Å². The van der Waals surface area contributed by atoms with Gasteiger partial charge in [-0.25, -0.2) is 0 Å². The Labute approximate surface area is 198 Å². The monoisotopic (exact) mass is 503 g/mol. The fourth-order valence-corrected chi connectivity index (χ4v) is 5.82. The van der Waals surface area contributed by atoms with Crippen LogP contribution in [0, 0.1) is 5.92 Å². The Kier molecular flexibility index (Phi) is 4.61. The number of carbonyl (C=O) groups is 2. The lowest BCUT2D eigenvalue weighted by Gasteiger charge is -2.24. The van der Waals surface area contributed by atoms with E-state index in [9.17, 15) is 14.7 Å². The number of halogens is 1. The molecule has 0 radical (unpaired) electrons. The van der Waals surface area contributed by atoms with Crippen molar-refractivity contribution < 1.29 is 14.7 Å². The van der Waals surface area contributed by atoms with E-state index in [2.05, 4.69) is 31.9 Å². The van der Waals surface area contributed by atoms with Crippen molar-refractivity contribution in [3.05, 3.63) is 70.0 Å². The number of aromatic nitrogens is 2. The second-order valence-corrected chi connectivity index (χ2v) is 9.80. The summed E-state index contributed by atoms with van der Waals surface area (Å²) in [6.07, 6.45) is 3.47. The Bertz CT molecular complexity index is 1520. The van der Waals surface area contributed by atoms with Crippen molar-refractivity contribution in [1.29, 1.82) is 0 Å². The molecule has 2 N–H and O–H groups in total. The van der Waals surface area contributed by atoms with E-state index in [1.54, 1.807) is 0 Å². The molecule has 2 aliphatic rings. The molecule has 0 saturated heterocycles. The maximum Gasteiger partial charge on any atom is 0.259 e. The van der Waals surface area contributed by atoms with Gasteiger partial charge in [0.05, 0.1) is 11.1 Å². The number of rotatable bonds is 3. The summed E-state index contributed by atoms with van der Waals surface area (Å²) >= 11 is 3.54. The Balaban J connectivity index is 1.71. The Morgan fingerprint density at radius 2 is 1.85 bits per heavy atom. The number of hydrogen-bond donors (Lipinski definition) is 2. The molecule has 1 atom stereocenters. The van der Waals surface area contributed by atoms with Crippen molar-refractivity contribution in [1.82, 2.24) is 14.5 Å². The molecule has 2 amide bonds. The molecule has 4 heterocycles. The molecule has 0 bridgehead atoms. The van der Waals surface area contributed by atoms with Crippen molar-refractivity contribution >= 4 is 60.7 Å². The van der Waals surface area contributed by atoms with E-state index >= 15 is 0 Å². The van der Waals surface area contributed by atoms with Crippen LogP contribution < -0.4 is 5.32 Å². The molecule has 2 aromatic carbocycles. The molecule has 33 heavy (non-hydrogen) atoms. The van der Waals surface area contributed by atoms with Gasteiger partial charge < -0.3 is 14.2 Å². The van der Waals surface area contributed by atoms with E-state index in [-0.39, 0.29) is 24.3 Å². The zero-order valence-corrected chi connectivity index (χ0v) is 19.6. The molecular formula is C26H22BrN3O3. The number of nitrogens with zero attached hydrogens (tertiary/aromatic N) is 2. The number of imide groups is 1. The van der Waals surface area contributed by atoms with E-state index in [0.29, 0.717) is 17.6 Å². The van der Waals surface area contributed by atoms with E-state index in [1.807, 2.05) is 54.2 Å². The van der Waals surface area contributed by atoms with E-state index in [0.717, 1.165) is 56.1 Å². The molecule has 4 aromatic rings. The first-order chi connectivity index (χ1) is 16.0. The third kappa shape index (κ3) is 2.96. The first kappa shape index (κ1) is 20.4. The number of aryl methyl sites for hydroxylation is 2. The van der Waals surface area contributed by atoms with E-state index < -0.39 is 0 Å². The molecule has 6 rings (SSSR count). The van der Waals surface area contributed by atoms with Crippen molar-refractivity contribution in [2.45, 2.75) is 19.4 Å². The second kappa shape index (κ2) is 7.43. The molecule has 6 nitrogen and oxygen atoms in total. The average Bonchev–Trinajstić information content (AvgIpc) is 3.41. The summed E-state index contributed by atoms with van der Waals surface area (Å²) in [5.41, 5.74) is 5.44. The molecule has 0 spiro atoms. The van der Waals surface area contributed by atoms with Crippen molar-refractivity contribution in [3.63, 3.8) is 0 Å². The highest BCUT2D eigenvalue weighted by molar-refractivity contribution is 9.10. The van der Waals surface area contributed by atoms with Crippen LogP contribution in [0.25, 0.3) is 33.0 Å². The van der Waals surface area contributed by atoms with Crippen LogP contribution in [0.2, 0.25) is 0 Å². The second-order valence-electron chi connectivity index (χ2n) is 8.88. The minimum Gasteiger partial charge on any atom is -0.396 e. The van der Waals surface area contributed by atoms with Crippen LogP contribution in [-0.2, 0) is 29.6 Å². The van der Waals surface area contributed by atoms with Crippen LogP contribution >= 0.6 is 15.9 Å². The summed E-state index contributed by atoms with van der Waals surface area (Å²) in [6, 6.07) is 14.0. The predicted molar refractivity (Wildman–Crippen MR) is 131 cm³/mol. The summed E-state index contributed by atoms with van der Waals surface area (Å²) in [7, 11) is 1.94. The minimum atomic E-state index is -0.374. The SMILES string of the molecule is Cn1cc(C2=C(c3c4n(c5ccccc35)CCC(CO)C4)C(=O)NC2=O)c2cc(Br)ccc21. The van der Waals surface area contributed by atoms with Crippen LogP contribution in [0.1, 0.15) is 23.2 Å². The molecule has 0 saturated carbocycles. The van der Waals surface area contributed by atoms with Gasteiger partial charge in [-0.1, -0.05) is 34.1 Å². The maximum absolute atomic E-state index is 13.3. The van der Waals surface area contributed by atoms with Crippen molar-refractivity contribution in [3.8, 4) is 0 Å². The molecule has 0 aliphatic carbocycles. The summed E-state index contributed by atoms with van der Waals surface area (Å²) in [5.74, 6) is -0.605. The van der Waals surface area contributed by atoms with Gasteiger partial charge in [-0.2, -0.15) is 0 Å². The number of amides is 2. The molecule has 7 heteroatoms. The van der Waals surface area contributed by atoms with Crippen LogP contribution in [0.15, 0.2) is 53.1 Å². The van der Waals surface area contributed by atoms with Gasteiger partial charge in [-0.15, -0.1) is 0 Å². The van der Waals surface area contributed by atoms with Crippen molar-refractivity contribution in [2.75, 3.05) is 6.61 Å². The Hall–Kier alpha value is -3.16. The first-order valence-electron chi connectivity index (χ1n) is 11.0. The number of para-hydroxylation sites is 1. The largest absolute Gasteiger partial charge is 0.396 e. The zero-order chi connectivity index (χ0) is 22.9. The average molecular weight is 504 g/mol. The highest BCUT2D eigenvalue weighted by Gasteiger charge is 2.38. The van der Waals surface area contributed by atoms with Gasteiger partial charge in [-0.3, -0.25) is 14.9 Å². The number of carbonyl (C=O) groups excluding carboxylic acids is 2. The van der Waals surface area contributed by atoms with Crippen molar-refractivity contribution in [2.24, 2.45) is 13.0 Å². The van der Waals surface area contributed by atoms with Crippen LogP contribution in [0.4, 0.5) is 0 Å². The molecule has 2 aliphatic heterocycles. The van der Waals surface area contributed by atoms with Gasteiger partial charge >= 0.3 is 0 Å². The normalized spacial score (nSPS) is 18.5. The fraction of sp³-hybridized carbons (Fsp3) is 0.231. The number of benzene rings is 2. The lowest BCUT2D eigenvalue weighted by Crippen LogP contribution is -2.24. The van der Waals surface area contributed by atoms with Crippen LogP contribution in [0.3, 0.4) is 0 Å². The number of hydrogen-bond acceptors (Lipinski definition) is 3. The highest BCUT2D eigenvalue weighted by atomic mass is 79.9. The van der Waals surface area contributed by atoms with Crippen LogP contribution in [0.5, 0.6) is 0 Å². The third-order valence-electron chi connectivity index (χ3n) is 6.98. The van der Waals surface area contributed by atoms with Gasteiger partial charge in [0.25, 0.3) is 11.8 Å². The summed E-state index contributed by atoms with van der Waals surface area (Å²) in [5, 5.41) is 14.3. The number of fused-ring (bicyclic) bond motifs is 4. The number of nitrogens with one attached hydrogen (secondary N) is 1. The summed E-state index contributed by atoms with van der Waals surface area (Å²) in [4.78, 5) is 26.5. The molecule has 166 valence electrons. The van der Waals surface area contributed by atoms with Gasteiger partial charge in [0.1, 0.15) is 0 Å². The number of aliphatic hydroxyl groups excluding tert-OH is 1. The highest BCUT2D eigenvalue weighted by Crippen LogP contribution is 2.43. The van der Waals surface area contributed by atoms with Crippen LogP contribution in [-0.4, -0.2) is 32.7 Å². The quantitative estimate of drug-likeness (QED) is 0.414. The topological polar surface area (TPSA) is 76.3 Å². The number of aliphatic hydroxyl groups is 1. The van der Waals surface area contributed by atoms with Gasteiger partial charge in [0.15, 0.2) is 0 Å². The lowest BCUT2D eigenvalue weighted by molar-refractivity contribution is -0.122. The Morgan fingerprint density at radius 3 is 2.67 bits per heavy atom. The van der Waals surface area contributed by atoms with E-state index in [1.165, 1.54) is 0 Å². The molecule has 1 unspecified atom stereocenters. The summed E-state index contributed by atoms with van der Waals surface area (Å²) in [6.45, 7) is 0.885. The smallest absolute Gasteiger partial charge is 0.259 e. The van der Waals surface area contributed by atoms with Gasteiger partial charge in [0.2, 0.25) is 0 Å². The van der Waals surface area contributed by atoms with E-state index in [4.69, 9.17) is 0 Å². The Morgan fingerprint density at radius 1 is 1.06 bits per heavy atom. The first-order valence-corrected chi connectivity index (χ1v) is 11.8. The zero-order valence-electron chi connectivity index (χ0n) is 18.1.